The summed E-state index contributed by atoms with van der Waals surface area (Å²) in [4.78, 5) is 24.6. The van der Waals surface area contributed by atoms with Crippen molar-refractivity contribution >= 4 is 55.8 Å². The molecule has 0 unspecified atom stereocenters. The molecule has 0 saturated carbocycles. The first kappa shape index (κ1) is 14.3. The second kappa shape index (κ2) is 5.43. The lowest BCUT2D eigenvalue weighted by Gasteiger charge is -2.08. The van der Waals surface area contributed by atoms with Crippen molar-refractivity contribution < 1.29 is 9.59 Å². The van der Waals surface area contributed by atoms with Gasteiger partial charge >= 0.3 is 0 Å². The minimum Gasteiger partial charge on any atom is -0.272 e. The van der Waals surface area contributed by atoms with Crippen LogP contribution in [0.5, 0.6) is 0 Å². The first-order chi connectivity index (χ1) is 11.1. The molecular weight excluding hydrogens is 334 g/mol. The molecule has 0 N–H and O–H groups in total. The second-order valence-corrected chi connectivity index (χ2v) is 7.02. The van der Waals surface area contributed by atoms with Crippen LogP contribution in [0, 0.1) is 0 Å². The van der Waals surface area contributed by atoms with Crippen LogP contribution in [0.1, 0.15) is 13.3 Å². The highest BCUT2D eigenvalue weighted by Crippen LogP contribution is 2.29. The van der Waals surface area contributed by atoms with Gasteiger partial charge in [0.1, 0.15) is 0 Å². The molecule has 23 heavy (non-hydrogen) atoms. The Morgan fingerprint density at radius 3 is 2.96 bits per heavy atom. The number of hydrazone groups is 1. The van der Waals surface area contributed by atoms with Crippen LogP contribution in [0.15, 0.2) is 34.5 Å². The van der Waals surface area contributed by atoms with E-state index in [4.69, 9.17) is 0 Å². The van der Waals surface area contributed by atoms with E-state index in [1.807, 2.05) is 28.7 Å². The lowest BCUT2D eigenvalue weighted by Crippen LogP contribution is -2.29. The molecule has 3 aromatic rings. The summed E-state index contributed by atoms with van der Waals surface area (Å²) in [5, 5.41) is 13.8. The number of hydrogen-bond acceptors (Lipinski definition) is 7. The minimum absolute atomic E-state index is 0.0908. The Morgan fingerprint density at radius 2 is 2.17 bits per heavy atom. The molecule has 2 aromatic heterocycles. The molecule has 1 aliphatic rings. The molecule has 7 nitrogen and oxygen atoms in total. The van der Waals surface area contributed by atoms with E-state index < -0.39 is 0 Å². The molecule has 0 spiro atoms. The van der Waals surface area contributed by atoms with E-state index in [1.165, 1.54) is 11.8 Å². The Bertz CT molecular complexity index is 974. The zero-order chi connectivity index (χ0) is 16.0. The number of carbonyl (C=O) groups excluding carboxylic acids is 2. The van der Waals surface area contributed by atoms with Crippen molar-refractivity contribution in [2.24, 2.45) is 5.10 Å². The predicted molar refractivity (Wildman–Crippen MR) is 88.7 cm³/mol. The Balaban J connectivity index is 1.59. The molecule has 1 aliphatic heterocycles. The van der Waals surface area contributed by atoms with Gasteiger partial charge in [-0.2, -0.15) is 10.1 Å². The number of thiazole rings is 1. The highest BCUT2D eigenvalue weighted by atomic mass is 32.2. The van der Waals surface area contributed by atoms with Crippen LogP contribution in [0.25, 0.3) is 15.2 Å². The molecule has 1 aromatic carbocycles. The SMILES string of the molecule is CC1=NN(C(=O)CSc2nnc3sc4ccccc4n23)C(=O)C1. The number of para-hydroxylation sites is 1. The van der Waals surface area contributed by atoms with Gasteiger partial charge in [0.05, 0.1) is 22.4 Å². The summed E-state index contributed by atoms with van der Waals surface area (Å²) in [7, 11) is 0. The molecule has 0 radical (unpaired) electrons. The van der Waals surface area contributed by atoms with Crippen molar-refractivity contribution in [1.29, 1.82) is 0 Å². The molecule has 0 fully saturated rings. The largest absolute Gasteiger partial charge is 0.272 e. The molecule has 9 heteroatoms. The van der Waals surface area contributed by atoms with E-state index in [-0.39, 0.29) is 24.0 Å². The maximum absolute atomic E-state index is 12.2. The van der Waals surface area contributed by atoms with Crippen molar-refractivity contribution in [2.75, 3.05) is 5.75 Å². The maximum atomic E-state index is 12.2. The van der Waals surface area contributed by atoms with Gasteiger partial charge in [0.2, 0.25) is 4.96 Å². The third kappa shape index (κ3) is 2.41. The molecule has 0 saturated heterocycles. The number of aromatic nitrogens is 3. The van der Waals surface area contributed by atoms with Crippen molar-refractivity contribution in [3.8, 4) is 0 Å². The van der Waals surface area contributed by atoms with Crippen LogP contribution in [0.3, 0.4) is 0 Å². The molecule has 0 atom stereocenters. The lowest BCUT2D eigenvalue weighted by atomic mass is 10.3. The third-order valence-electron chi connectivity index (χ3n) is 3.39. The number of imide groups is 1. The van der Waals surface area contributed by atoms with Gasteiger partial charge < -0.3 is 0 Å². The van der Waals surface area contributed by atoms with Crippen LogP contribution in [0.4, 0.5) is 0 Å². The second-order valence-electron chi connectivity index (χ2n) is 5.07. The predicted octanol–water partition coefficient (Wildman–Crippen LogP) is 2.17. The smallest absolute Gasteiger partial charge is 0.260 e. The van der Waals surface area contributed by atoms with E-state index >= 15 is 0 Å². The zero-order valence-electron chi connectivity index (χ0n) is 12.1. The number of fused-ring (bicyclic) bond motifs is 3. The third-order valence-corrected chi connectivity index (χ3v) is 5.31. The number of hydrogen-bond donors (Lipinski definition) is 0. The molecular formula is C14H11N5O2S2. The van der Waals surface area contributed by atoms with Crippen LogP contribution in [0.2, 0.25) is 0 Å². The Labute approximate surface area is 139 Å². The maximum Gasteiger partial charge on any atom is 0.260 e. The highest BCUT2D eigenvalue weighted by Gasteiger charge is 2.27. The summed E-state index contributed by atoms with van der Waals surface area (Å²) in [5.41, 5.74) is 1.67. The average Bonchev–Trinajstić information content (AvgIpc) is 3.18. The fraction of sp³-hybridized carbons (Fsp3) is 0.214. The molecule has 3 heterocycles. The number of amides is 2. The fourth-order valence-corrected chi connectivity index (χ4v) is 4.20. The summed E-state index contributed by atoms with van der Waals surface area (Å²) >= 11 is 2.81. The fourth-order valence-electron chi connectivity index (χ4n) is 2.39. The van der Waals surface area contributed by atoms with Gasteiger partial charge in [0.25, 0.3) is 11.8 Å². The van der Waals surface area contributed by atoms with Crippen molar-refractivity contribution in [2.45, 2.75) is 18.5 Å². The summed E-state index contributed by atoms with van der Waals surface area (Å²) < 4.78 is 3.04. The number of thioether (sulfide) groups is 1. The first-order valence-corrected chi connectivity index (χ1v) is 8.69. The van der Waals surface area contributed by atoms with Crippen LogP contribution in [-0.2, 0) is 9.59 Å². The number of nitrogens with zero attached hydrogens (tertiary/aromatic N) is 5. The van der Waals surface area contributed by atoms with Gasteiger partial charge in [-0.25, -0.2) is 0 Å². The van der Waals surface area contributed by atoms with Crippen molar-refractivity contribution in [3.05, 3.63) is 24.3 Å². The zero-order valence-corrected chi connectivity index (χ0v) is 13.7. The molecule has 116 valence electrons. The summed E-state index contributed by atoms with van der Waals surface area (Å²) in [6.45, 7) is 1.73. The lowest BCUT2D eigenvalue weighted by molar-refractivity contribution is -0.141. The number of carbonyl (C=O) groups is 2. The monoisotopic (exact) mass is 345 g/mol. The van der Waals surface area contributed by atoms with E-state index in [0.717, 1.165) is 20.2 Å². The molecule has 2 amide bonds. The van der Waals surface area contributed by atoms with Gasteiger partial charge in [-0.1, -0.05) is 35.2 Å². The van der Waals surface area contributed by atoms with E-state index in [0.29, 0.717) is 10.9 Å². The summed E-state index contributed by atoms with van der Waals surface area (Å²) in [6.07, 6.45) is 0.209. The van der Waals surface area contributed by atoms with Crippen molar-refractivity contribution in [1.82, 2.24) is 19.6 Å². The Kier molecular flexibility index (Phi) is 3.38. The van der Waals surface area contributed by atoms with E-state index in [9.17, 15) is 9.59 Å². The topological polar surface area (TPSA) is 79.9 Å². The number of benzene rings is 1. The van der Waals surface area contributed by atoms with Crippen LogP contribution in [-0.4, -0.2) is 42.9 Å². The van der Waals surface area contributed by atoms with Crippen molar-refractivity contribution in [3.63, 3.8) is 0 Å². The van der Waals surface area contributed by atoms with E-state index in [1.54, 1.807) is 18.3 Å². The Morgan fingerprint density at radius 1 is 1.35 bits per heavy atom. The van der Waals surface area contributed by atoms with Gasteiger partial charge in [0, 0.05) is 5.71 Å². The molecule has 0 aliphatic carbocycles. The standard InChI is InChI=1S/C14H11N5O2S2/c1-8-6-11(20)19(17-8)12(21)7-22-13-15-16-14-18(13)9-4-2-3-5-10(9)23-14/h2-5H,6-7H2,1H3. The van der Waals surface area contributed by atoms with E-state index in [2.05, 4.69) is 15.3 Å². The molecule has 4 rings (SSSR count). The normalized spacial score (nSPS) is 14.9. The Hall–Kier alpha value is -2.26. The van der Waals surface area contributed by atoms with Gasteiger partial charge in [-0.3, -0.25) is 14.0 Å². The van der Waals surface area contributed by atoms with Crippen LogP contribution < -0.4 is 0 Å². The average molecular weight is 345 g/mol. The van der Waals surface area contributed by atoms with Gasteiger partial charge in [-0.05, 0) is 19.1 Å². The first-order valence-electron chi connectivity index (χ1n) is 6.89. The highest BCUT2D eigenvalue weighted by molar-refractivity contribution is 7.99. The summed E-state index contributed by atoms with van der Waals surface area (Å²) in [6, 6.07) is 7.94. The summed E-state index contributed by atoms with van der Waals surface area (Å²) in [5.74, 6) is -0.526. The van der Waals surface area contributed by atoms with Gasteiger partial charge in [-0.15, -0.1) is 10.2 Å². The number of rotatable bonds is 3. The van der Waals surface area contributed by atoms with Crippen LogP contribution >= 0.6 is 23.1 Å². The van der Waals surface area contributed by atoms with Gasteiger partial charge in [0.15, 0.2) is 5.16 Å². The minimum atomic E-state index is -0.340. The molecule has 0 bridgehead atoms. The quantitative estimate of drug-likeness (QED) is 0.680.